The zero-order valence-electron chi connectivity index (χ0n) is 19.4. The number of Topliss-reactive ketones (excluding diaryl/α,β-unsaturated/α-hetero) is 1. The third kappa shape index (κ3) is 8.23. The van der Waals surface area contributed by atoms with Gasteiger partial charge in [0.2, 0.25) is 0 Å². The molecule has 172 valence electrons. The molecule has 1 saturated heterocycles. The van der Waals surface area contributed by atoms with Crippen molar-refractivity contribution in [2.75, 3.05) is 19.6 Å². The fraction of sp³-hybridized carbons (Fsp3) is 0.500. The van der Waals surface area contributed by atoms with E-state index in [1.165, 1.54) is 19.3 Å². The Morgan fingerprint density at radius 2 is 1.53 bits per heavy atom. The summed E-state index contributed by atoms with van der Waals surface area (Å²) in [6, 6.07) is 18.3. The smallest absolute Gasteiger partial charge is 0.310 e. The first-order valence-corrected chi connectivity index (χ1v) is 12.2. The van der Waals surface area contributed by atoms with Crippen LogP contribution in [0.5, 0.6) is 0 Å². The van der Waals surface area contributed by atoms with Gasteiger partial charge < -0.3 is 14.4 Å². The van der Waals surface area contributed by atoms with Crippen LogP contribution < -0.4 is 0 Å². The van der Waals surface area contributed by atoms with Crippen LogP contribution in [0.1, 0.15) is 63.9 Å². The largest absolute Gasteiger partial charge is 0.462 e. The molecule has 32 heavy (non-hydrogen) atoms. The fourth-order valence-corrected chi connectivity index (χ4v) is 4.45. The minimum absolute atomic E-state index is 0.0363. The maximum Gasteiger partial charge on any atom is 0.310 e. The van der Waals surface area contributed by atoms with Gasteiger partial charge in [0.25, 0.3) is 0 Å². The molecule has 2 aromatic carbocycles. The van der Waals surface area contributed by atoms with Crippen molar-refractivity contribution < 1.29 is 14.3 Å². The number of nitrogens with zero attached hydrogens (tertiary/aromatic N) is 1. The third-order valence-corrected chi connectivity index (χ3v) is 6.27. The number of piperidine rings is 1. The molecule has 0 N–H and O–H groups in total. The lowest BCUT2D eigenvalue weighted by atomic mass is 9.98. The number of esters is 1. The van der Waals surface area contributed by atoms with Crippen molar-refractivity contribution in [3.8, 4) is 11.1 Å². The normalized spacial score (nSPS) is 14.9. The highest BCUT2D eigenvalue weighted by molar-refractivity contribution is 5.78. The minimum atomic E-state index is -0.127. The van der Waals surface area contributed by atoms with Crippen LogP contribution >= 0.6 is 0 Å². The summed E-state index contributed by atoms with van der Waals surface area (Å²) in [5, 5.41) is 0. The number of benzene rings is 2. The first-order chi connectivity index (χ1) is 15.6. The van der Waals surface area contributed by atoms with E-state index in [1.807, 2.05) is 36.4 Å². The monoisotopic (exact) mass is 435 g/mol. The van der Waals surface area contributed by atoms with Gasteiger partial charge in [-0.15, -0.1) is 0 Å². The molecule has 4 heteroatoms. The van der Waals surface area contributed by atoms with E-state index in [4.69, 9.17) is 4.74 Å². The number of ether oxygens (including phenoxy) is 1. The number of hydrogen-bond acceptors (Lipinski definition) is 4. The molecule has 0 aromatic heterocycles. The van der Waals surface area contributed by atoms with Crippen LogP contribution in [0, 0.1) is 0 Å². The highest BCUT2D eigenvalue weighted by Gasteiger charge is 2.22. The van der Waals surface area contributed by atoms with Gasteiger partial charge in [0, 0.05) is 19.5 Å². The van der Waals surface area contributed by atoms with Gasteiger partial charge in [-0.2, -0.15) is 0 Å². The van der Waals surface area contributed by atoms with Crippen molar-refractivity contribution in [3.05, 3.63) is 60.2 Å². The first kappa shape index (κ1) is 24.2. The summed E-state index contributed by atoms with van der Waals surface area (Å²) in [5.74, 6) is 0.173. The van der Waals surface area contributed by atoms with E-state index in [1.54, 1.807) is 6.92 Å². The molecular weight excluding hydrogens is 398 g/mol. The van der Waals surface area contributed by atoms with Crippen LogP contribution in [-0.2, 0) is 20.7 Å². The summed E-state index contributed by atoms with van der Waals surface area (Å²) >= 11 is 0. The van der Waals surface area contributed by atoms with Gasteiger partial charge in [-0.25, -0.2) is 0 Å². The van der Waals surface area contributed by atoms with Gasteiger partial charge in [-0.05, 0) is 55.8 Å². The number of ketones is 1. The zero-order chi connectivity index (χ0) is 22.6. The highest BCUT2D eigenvalue weighted by atomic mass is 16.5. The Balaban J connectivity index is 1.35. The van der Waals surface area contributed by atoms with E-state index in [0.717, 1.165) is 68.4 Å². The summed E-state index contributed by atoms with van der Waals surface area (Å²) in [6.07, 6.45) is 8.76. The molecule has 3 rings (SSSR count). The van der Waals surface area contributed by atoms with Gasteiger partial charge in [0.1, 0.15) is 11.9 Å². The van der Waals surface area contributed by atoms with Crippen molar-refractivity contribution in [1.29, 1.82) is 0 Å². The van der Waals surface area contributed by atoms with Gasteiger partial charge in [0.05, 0.1) is 6.42 Å². The fourth-order valence-electron chi connectivity index (χ4n) is 4.45. The van der Waals surface area contributed by atoms with Crippen LogP contribution in [-0.4, -0.2) is 42.4 Å². The van der Waals surface area contributed by atoms with E-state index in [0.29, 0.717) is 12.2 Å². The molecule has 0 spiro atoms. The second kappa shape index (κ2) is 13.2. The van der Waals surface area contributed by atoms with Crippen molar-refractivity contribution in [2.45, 2.75) is 70.8 Å². The van der Waals surface area contributed by atoms with Crippen LogP contribution in [0.4, 0.5) is 0 Å². The molecule has 1 aliphatic rings. The summed E-state index contributed by atoms with van der Waals surface area (Å²) < 4.78 is 5.83. The Bertz CT molecular complexity index is 841. The molecule has 0 radical (unpaired) electrons. The van der Waals surface area contributed by atoms with E-state index in [2.05, 4.69) is 23.1 Å². The van der Waals surface area contributed by atoms with Crippen molar-refractivity contribution in [2.24, 2.45) is 0 Å². The molecule has 2 aromatic rings. The maximum atomic E-state index is 12.6. The number of rotatable bonds is 12. The van der Waals surface area contributed by atoms with Crippen LogP contribution in [0.3, 0.4) is 0 Å². The second-order valence-corrected chi connectivity index (χ2v) is 8.95. The lowest BCUT2D eigenvalue weighted by molar-refractivity contribution is -0.150. The van der Waals surface area contributed by atoms with E-state index >= 15 is 0 Å². The average Bonchev–Trinajstić information content (AvgIpc) is 2.80. The molecule has 0 unspecified atom stereocenters. The van der Waals surface area contributed by atoms with E-state index in [-0.39, 0.29) is 12.1 Å². The number of hydrogen-bond donors (Lipinski definition) is 0. The van der Waals surface area contributed by atoms with Crippen LogP contribution in [0.25, 0.3) is 11.1 Å². The molecule has 1 aliphatic heterocycles. The Morgan fingerprint density at radius 1 is 0.875 bits per heavy atom. The molecule has 0 saturated carbocycles. The number of likely N-dealkylation sites (tertiary alicyclic amines) is 1. The van der Waals surface area contributed by atoms with Crippen molar-refractivity contribution in [1.82, 2.24) is 4.90 Å². The van der Waals surface area contributed by atoms with E-state index in [9.17, 15) is 9.59 Å². The summed E-state index contributed by atoms with van der Waals surface area (Å²) in [7, 11) is 0. The predicted molar refractivity (Wildman–Crippen MR) is 130 cm³/mol. The first-order valence-electron chi connectivity index (χ1n) is 12.2. The van der Waals surface area contributed by atoms with Crippen molar-refractivity contribution >= 4 is 11.8 Å². The van der Waals surface area contributed by atoms with Crippen LogP contribution in [0.15, 0.2) is 54.6 Å². The number of carbonyl (C=O) groups is 2. The number of carbonyl (C=O) groups excluding carboxylic acids is 2. The summed E-state index contributed by atoms with van der Waals surface area (Å²) in [4.78, 5) is 26.1. The average molecular weight is 436 g/mol. The summed E-state index contributed by atoms with van der Waals surface area (Å²) in [6.45, 7) is 4.80. The summed E-state index contributed by atoms with van der Waals surface area (Å²) in [5.41, 5.74) is 3.24. The number of unbranched alkanes of at least 4 members (excludes halogenated alkanes) is 4. The zero-order valence-corrected chi connectivity index (χ0v) is 19.4. The molecular formula is C28H37NO3. The lowest BCUT2D eigenvalue weighted by Gasteiger charge is -2.31. The standard InChI is InChI=1S/C28H37NO3/c1-23(30)12-6-3-2-4-11-19-29-20-17-26(18-21-29)32-28(31)22-25-15-9-10-16-27(25)24-13-7-5-8-14-24/h5,7-10,13-16,26H,2-4,6,11-12,17-22H2,1H3. The quantitative estimate of drug-likeness (QED) is 0.311. The Morgan fingerprint density at radius 3 is 2.28 bits per heavy atom. The van der Waals surface area contributed by atoms with Gasteiger partial charge in [-0.1, -0.05) is 73.9 Å². The molecule has 1 heterocycles. The van der Waals surface area contributed by atoms with Crippen molar-refractivity contribution in [3.63, 3.8) is 0 Å². The van der Waals surface area contributed by atoms with Gasteiger partial charge in [-0.3, -0.25) is 4.79 Å². The highest BCUT2D eigenvalue weighted by Crippen LogP contribution is 2.24. The van der Waals surface area contributed by atoms with Crippen LogP contribution in [0.2, 0.25) is 0 Å². The molecule has 0 amide bonds. The molecule has 0 bridgehead atoms. The van der Waals surface area contributed by atoms with Gasteiger partial charge >= 0.3 is 5.97 Å². The molecule has 1 fully saturated rings. The Labute approximate surface area is 193 Å². The molecule has 0 aliphatic carbocycles. The van der Waals surface area contributed by atoms with E-state index < -0.39 is 0 Å². The van der Waals surface area contributed by atoms with Gasteiger partial charge in [0.15, 0.2) is 0 Å². The second-order valence-electron chi connectivity index (χ2n) is 8.95. The maximum absolute atomic E-state index is 12.6. The minimum Gasteiger partial charge on any atom is -0.462 e. The third-order valence-electron chi connectivity index (χ3n) is 6.27. The predicted octanol–water partition coefficient (Wildman–Crippen LogP) is 5.83. The Kier molecular flexibility index (Phi) is 9.96. The molecule has 4 nitrogen and oxygen atoms in total. The SMILES string of the molecule is CC(=O)CCCCCCCN1CCC(OC(=O)Cc2ccccc2-c2ccccc2)CC1. The lowest BCUT2D eigenvalue weighted by Crippen LogP contribution is -2.38. The molecule has 0 atom stereocenters. The topological polar surface area (TPSA) is 46.6 Å². The Hall–Kier alpha value is -2.46.